The Balaban J connectivity index is 2.60. The molecule has 7 nitrogen and oxygen atoms in total. The first-order chi connectivity index (χ1) is 10.0. The van der Waals surface area contributed by atoms with Crippen molar-refractivity contribution < 1.29 is 19.0 Å². The lowest BCUT2D eigenvalue weighted by Crippen LogP contribution is -2.11. The van der Waals surface area contributed by atoms with E-state index in [-0.39, 0.29) is 5.78 Å². The summed E-state index contributed by atoms with van der Waals surface area (Å²) in [7, 11) is 6.13. The second kappa shape index (κ2) is 6.13. The highest BCUT2D eigenvalue weighted by molar-refractivity contribution is 9.10. The zero-order valence-electron chi connectivity index (χ0n) is 12.0. The number of aryl methyl sites for hydroxylation is 1. The number of carbonyl (C=O) groups excluding carboxylic acids is 1. The summed E-state index contributed by atoms with van der Waals surface area (Å²) in [5, 5.41) is 7.60. The molecular formula is C13H14BrN3O4. The van der Waals surface area contributed by atoms with Crippen LogP contribution in [-0.2, 0) is 7.05 Å². The van der Waals surface area contributed by atoms with E-state index in [4.69, 9.17) is 14.2 Å². The van der Waals surface area contributed by atoms with Crippen LogP contribution in [0.4, 0.5) is 0 Å². The quantitative estimate of drug-likeness (QED) is 0.761. The Labute approximate surface area is 129 Å². The molecule has 21 heavy (non-hydrogen) atoms. The van der Waals surface area contributed by atoms with E-state index in [0.717, 1.165) is 0 Å². The predicted molar refractivity (Wildman–Crippen MR) is 78.2 cm³/mol. The first kappa shape index (κ1) is 15.3. The zero-order valence-corrected chi connectivity index (χ0v) is 13.6. The molecule has 0 amide bonds. The molecule has 0 fully saturated rings. The van der Waals surface area contributed by atoms with Gasteiger partial charge in [0.1, 0.15) is 11.4 Å². The molecule has 112 valence electrons. The summed E-state index contributed by atoms with van der Waals surface area (Å²) in [6.07, 6.45) is 0. The van der Waals surface area contributed by atoms with Crippen LogP contribution in [0.2, 0.25) is 0 Å². The summed E-state index contributed by atoms with van der Waals surface area (Å²) in [4.78, 5) is 12.7. The molecule has 1 aromatic carbocycles. The van der Waals surface area contributed by atoms with Gasteiger partial charge in [-0.2, -0.15) is 0 Å². The molecule has 0 unspecified atom stereocenters. The van der Waals surface area contributed by atoms with Crippen molar-refractivity contribution in [3.63, 3.8) is 0 Å². The Kier molecular flexibility index (Phi) is 4.46. The Morgan fingerprint density at radius 1 is 1.10 bits per heavy atom. The molecule has 1 heterocycles. The van der Waals surface area contributed by atoms with Crippen molar-refractivity contribution in [2.45, 2.75) is 0 Å². The van der Waals surface area contributed by atoms with E-state index < -0.39 is 0 Å². The number of rotatable bonds is 5. The van der Waals surface area contributed by atoms with E-state index in [1.165, 1.54) is 26.0 Å². The van der Waals surface area contributed by atoms with Crippen molar-refractivity contribution in [2.75, 3.05) is 21.3 Å². The molecule has 0 N–H and O–H groups in total. The van der Waals surface area contributed by atoms with Gasteiger partial charge in [-0.1, -0.05) is 5.21 Å². The lowest BCUT2D eigenvalue weighted by atomic mass is 10.1. The number of methoxy groups -OCH3 is 3. The summed E-state index contributed by atoms with van der Waals surface area (Å²) in [6, 6.07) is 3.17. The Bertz CT molecular complexity index is 665. The molecule has 2 aromatic rings. The van der Waals surface area contributed by atoms with Crippen LogP contribution in [0.3, 0.4) is 0 Å². The van der Waals surface area contributed by atoms with Crippen molar-refractivity contribution in [1.82, 2.24) is 15.0 Å². The number of hydrogen-bond acceptors (Lipinski definition) is 6. The summed E-state index contributed by atoms with van der Waals surface area (Å²) in [5.41, 5.74) is 0.654. The van der Waals surface area contributed by atoms with E-state index in [1.54, 1.807) is 19.2 Å². The maximum absolute atomic E-state index is 12.7. The second-order valence-corrected chi connectivity index (χ2v) is 4.84. The standard InChI is InChI=1S/C13H14BrN3O4/c1-17-11(13(14)15-16-17)12(18)7-5-9(20-3)10(21-4)6-8(7)19-2/h5-6H,1-4H3. The van der Waals surface area contributed by atoms with Crippen LogP contribution >= 0.6 is 15.9 Å². The predicted octanol–water partition coefficient (Wildman–Crippen LogP) is 1.83. The van der Waals surface area contributed by atoms with Crippen molar-refractivity contribution in [1.29, 1.82) is 0 Å². The first-order valence-corrected chi connectivity index (χ1v) is 6.72. The number of aromatic nitrogens is 3. The fourth-order valence-electron chi connectivity index (χ4n) is 1.91. The zero-order chi connectivity index (χ0) is 15.6. The van der Waals surface area contributed by atoms with Crippen molar-refractivity contribution in [2.24, 2.45) is 7.05 Å². The third-order valence-corrected chi connectivity index (χ3v) is 3.49. The Morgan fingerprint density at radius 3 is 2.14 bits per heavy atom. The van der Waals surface area contributed by atoms with Gasteiger partial charge in [-0.25, -0.2) is 4.68 Å². The van der Waals surface area contributed by atoms with E-state index in [2.05, 4.69) is 26.2 Å². The average Bonchev–Trinajstić information content (AvgIpc) is 2.84. The van der Waals surface area contributed by atoms with Crippen molar-refractivity contribution >= 4 is 21.7 Å². The van der Waals surface area contributed by atoms with Gasteiger partial charge in [-0.05, 0) is 22.0 Å². The molecule has 1 aromatic heterocycles. The molecule has 0 atom stereocenters. The lowest BCUT2D eigenvalue weighted by Gasteiger charge is -2.13. The van der Waals surface area contributed by atoms with Crippen LogP contribution in [0.1, 0.15) is 16.1 Å². The Morgan fingerprint density at radius 2 is 1.67 bits per heavy atom. The van der Waals surface area contributed by atoms with Gasteiger partial charge in [0.05, 0.1) is 26.9 Å². The number of halogens is 1. The molecule has 8 heteroatoms. The van der Waals surface area contributed by atoms with Gasteiger partial charge in [0, 0.05) is 13.1 Å². The highest BCUT2D eigenvalue weighted by Gasteiger charge is 2.24. The molecule has 0 bridgehead atoms. The number of benzene rings is 1. The molecule has 2 rings (SSSR count). The van der Waals surface area contributed by atoms with Gasteiger partial charge in [0.2, 0.25) is 5.78 Å². The average molecular weight is 356 g/mol. The summed E-state index contributed by atoms with van der Waals surface area (Å²) >= 11 is 3.21. The molecule has 0 saturated carbocycles. The smallest absolute Gasteiger partial charge is 0.217 e. The largest absolute Gasteiger partial charge is 0.496 e. The Hall–Kier alpha value is -2.09. The first-order valence-electron chi connectivity index (χ1n) is 5.93. The van der Waals surface area contributed by atoms with Gasteiger partial charge in [0.25, 0.3) is 0 Å². The molecule has 0 aliphatic rings. The van der Waals surface area contributed by atoms with Crippen LogP contribution < -0.4 is 14.2 Å². The minimum absolute atomic E-state index is 0.285. The maximum Gasteiger partial charge on any atom is 0.217 e. The van der Waals surface area contributed by atoms with Crippen LogP contribution in [0, 0.1) is 0 Å². The maximum atomic E-state index is 12.7. The van der Waals surface area contributed by atoms with Crippen molar-refractivity contribution in [3.8, 4) is 17.2 Å². The van der Waals surface area contributed by atoms with Crippen LogP contribution in [0.15, 0.2) is 16.7 Å². The minimum atomic E-state index is -0.285. The van der Waals surface area contributed by atoms with E-state index in [9.17, 15) is 4.79 Å². The molecular weight excluding hydrogens is 342 g/mol. The van der Waals surface area contributed by atoms with Crippen molar-refractivity contribution in [3.05, 3.63) is 28.0 Å². The van der Waals surface area contributed by atoms with Crippen LogP contribution in [-0.4, -0.2) is 42.1 Å². The number of ether oxygens (including phenoxy) is 3. The third kappa shape index (κ3) is 2.71. The van der Waals surface area contributed by atoms with Crippen LogP contribution in [0.5, 0.6) is 17.2 Å². The minimum Gasteiger partial charge on any atom is -0.496 e. The second-order valence-electron chi connectivity index (χ2n) is 4.09. The van der Waals surface area contributed by atoms with Gasteiger partial charge in [-0.15, -0.1) is 5.10 Å². The number of nitrogens with zero attached hydrogens (tertiary/aromatic N) is 3. The number of hydrogen-bond donors (Lipinski definition) is 0. The van der Waals surface area contributed by atoms with E-state index >= 15 is 0 Å². The van der Waals surface area contributed by atoms with Crippen LogP contribution in [0.25, 0.3) is 0 Å². The topological polar surface area (TPSA) is 75.5 Å². The number of carbonyl (C=O) groups is 1. The summed E-state index contributed by atoms with van der Waals surface area (Å²) < 4.78 is 17.4. The lowest BCUT2D eigenvalue weighted by molar-refractivity contribution is 0.102. The van der Waals surface area contributed by atoms with E-state index in [1.807, 2.05) is 0 Å². The summed E-state index contributed by atoms with van der Waals surface area (Å²) in [6.45, 7) is 0. The molecule has 0 radical (unpaired) electrons. The van der Waals surface area contributed by atoms with Gasteiger partial charge >= 0.3 is 0 Å². The SMILES string of the molecule is COc1cc(OC)c(C(=O)c2c(Br)nnn2C)cc1OC. The molecule has 0 aliphatic carbocycles. The molecule has 0 saturated heterocycles. The highest BCUT2D eigenvalue weighted by Crippen LogP contribution is 2.36. The van der Waals surface area contributed by atoms with Gasteiger partial charge in [0.15, 0.2) is 16.1 Å². The number of ketones is 1. The highest BCUT2D eigenvalue weighted by atomic mass is 79.9. The molecule has 0 aliphatic heterocycles. The van der Waals surface area contributed by atoms with Gasteiger partial charge < -0.3 is 14.2 Å². The fourth-order valence-corrected chi connectivity index (χ4v) is 2.41. The van der Waals surface area contributed by atoms with E-state index in [0.29, 0.717) is 33.1 Å². The third-order valence-electron chi connectivity index (χ3n) is 2.95. The van der Waals surface area contributed by atoms with Gasteiger partial charge in [-0.3, -0.25) is 4.79 Å². The summed E-state index contributed by atoms with van der Waals surface area (Å²) in [5.74, 6) is 1.01. The molecule has 0 spiro atoms. The normalized spacial score (nSPS) is 10.3. The monoisotopic (exact) mass is 355 g/mol. The fraction of sp³-hybridized carbons (Fsp3) is 0.308.